The summed E-state index contributed by atoms with van der Waals surface area (Å²) in [5.41, 5.74) is 2.25. The van der Waals surface area contributed by atoms with Crippen molar-refractivity contribution >= 4 is 25.9 Å². The van der Waals surface area contributed by atoms with E-state index in [0.717, 1.165) is 51.0 Å². The van der Waals surface area contributed by atoms with Gasteiger partial charge in [0.2, 0.25) is 10.0 Å². The Hall–Kier alpha value is -2.02. The van der Waals surface area contributed by atoms with Crippen LogP contribution in [0.2, 0.25) is 0 Å². The van der Waals surface area contributed by atoms with Crippen LogP contribution in [0.4, 0.5) is 5.69 Å². The van der Waals surface area contributed by atoms with Gasteiger partial charge in [-0.3, -0.25) is 0 Å². The Morgan fingerprint density at radius 1 is 0.638 bits per heavy atom. The molecule has 1 atom stereocenters. The number of rotatable bonds is 8. The molecule has 262 valence electrons. The lowest BCUT2D eigenvalue weighted by atomic mass is 9.89. The molecule has 3 fully saturated rings. The summed E-state index contributed by atoms with van der Waals surface area (Å²) >= 11 is 0. The first-order valence-electron chi connectivity index (χ1n) is 18.1. The lowest BCUT2D eigenvalue weighted by Crippen LogP contribution is -3.12. The smallest absolute Gasteiger partial charge is 0.281 e. The second-order valence-electron chi connectivity index (χ2n) is 14.2. The fourth-order valence-electron chi connectivity index (χ4n) is 7.78. The first-order chi connectivity index (χ1) is 22.6. The lowest BCUT2D eigenvalue weighted by Gasteiger charge is -2.35. The van der Waals surface area contributed by atoms with Gasteiger partial charge in [-0.15, -0.1) is 0 Å². The maximum absolute atomic E-state index is 14.1. The van der Waals surface area contributed by atoms with Gasteiger partial charge in [-0.1, -0.05) is 49.6 Å². The number of hydrogen-bond acceptors (Lipinski definition) is 5. The summed E-state index contributed by atoms with van der Waals surface area (Å²) < 4.78 is 61.0. The number of piperidine rings is 1. The van der Waals surface area contributed by atoms with E-state index in [1.54, 1.807) is 25.0 Å². The van der Waals surface area contributed by atoms with Crippen LogP contribution in [0.1, 0.15) is 82.1 Å². The number of nitrogens with one attached hydrogen (secondary N) is 1. The highest BCUT2D eigenvalue weighted by atomic mass is 32.2. The Kier molecular flexibility index (Phi) is 13.2. The maximum atomic E-state index is 14.1. The number of sulfonamides is 1. The summed E-state index contributed by atoms with van der Waals surface area (Å²) in [4.78, 5) is 3.77. The van der Waals surface area contributed by atoms with Crippen molar-refractivity contribution in [3.63, 3.8) is 0 Å². The van der Waals surface area contributed by atoms with E-state index in [2.05, 4.69) is 24.3 Å². The monoisotopic (exact) mass is 688 g/mol. The molecule has 2 saturated heterocycles. The number of benzene rings is 2. The van der Waals surface area contributed by atoms with Crippen LogP contribution in [-0.4, -0.2) is 103 Å². The van der Waals surface area contributed by atoms with Crippen molar-refractivity contribution in [1.29, 1.82) is 0 Å². The highest BCUT2D eigenvalue weighted by molar-refractivity contribution is 7.89. The fourth-order valence-corrected chi connectivity index (χ4v) is 11.0. The maximum Gasteiger partial charge on any atom is 0.281 e. The molecule has 1 N–H and O–H groups in total. The van der Waals surface area contributed by atoms with Gasteiger partial charge in [0, 0.05) is 77.8 Å². The predicted octanol–water partition coefficient (Wildman–Crippen LogP) is 4.21. The molecule has 3 aliphatic rings. The topological polar surface area (TPSA) is 85.7 Å². The van der Waals surface area contributed by atoms with Gasteiger partial charge < -0.3 is 9.80 Å². The zero-order chi connectivity index (χ0) is 33.3. The van der Waals surface area contributed by atoms with Crippen molar-refractivity contribution in [3.05, 3.63) is 60.2 Å². The summed E-state index contributed by atoms with van der Waals surface area (Å²) in [5.74, 6) is 1.09. The van der Waals surface area contributed by atoms with E-state index in [4.69, 9.17) is 0 Å². The molecule has 11 heteroatoms. The van der Waals surface area contributed by atoms with Crippen LogP contribution in [0, 0.1) is 5.92 Å². The average Bonchev–Trinajstić information content (AvgIpc) is 3.11. The van der Waals surface area contributed by atoms with Gasteiger partial charge in [-0.2, -0.15) is 21.3 Å². The molecule has 0 radical (unpaired) electrons. The van der Waals surface area contributed by atoms with Crippen LogP contribution < -0.4 is 9.80 Å². The molecule has 0 bridgehead atoms. The third kappa shape index (κ3) is 9.79. The second-order valence-corrected chi connectivity index (χ2v) is 18.0. The number of anilines is 1. The standard InChI is InChI=1S/C36H57N5O4S2/c1-37(2)35-17-19-36(20-18-35)46(42,43)39-25-9-10-26-40(28-12-24-38(23-11-27-39)31-32-13-5-3-6-14-32)47(44,45)41-29-21-34(22-30-41)33-15-7-4-8-16-33/h4,7-8,15-20,32,34H,3,5-6,9-14,21-31H2,1-2H3/p+1. The normalized spacial score (nSPS) is 23.4. The molecule has 2 aromatic carbocycles. The van der Waals surface area contributed by atoms with Gasteiger partial charge in [0.15, 0.2) is 0 Å². The molecule has 0 aromatic heterocycles. The minimum absolute atomic E-state index is 0.321. The van der Waals surface area contributed by atoms with Gasteiger partial charge in [0.25, 0.3) is 10.2 Å². The minimum atomic E-state index is -3.67. The largest absolute Gasteiger partial charge is 0.378 e. The first kappa shape index (κ1) is 36.3. The van der Waals surface area contributed by atoms with Crippen molar-refractivity contribution < 1.29 is 21.7 Å². The highest BCUT2D eigenvalue weighted by Crippen LogP contribution is 2.30. The van der Waals surface area contributed by atoms with Gasteiger partial charge in [0.1, 0.15) is 0 Å². The number of nitrogens with zero attached hydrogens (tertiary/aromatic N) is 4. The Morgan fingerprint density at radius 2 is 1.19 bits per heavy atom. The summed E-state index contributed by atoms with van der Waals surface area (Å²) in [7, 11) is -3.39. The molecule has 2 aromatic rings. The summed E-state index contributed by atoms with van der Waals surface area (Å²) in [5, 5.41) is 0. The van der Waals surface area contributed by atoms with Gasteiger partial charge in [-0.05, 0) is 74.3 Å². The number of hydrogen-bond donors (Lipinski definition) is 1. The zero-order valence-corrected chi connectivity index (χ0v) is 30.4. The lowest BCUT2D eigenvalue weighted by molar-refractivity contribution is -0.904. The van der Waals surface area contributed by atoms with Crippen molar-refractivity contribution in [2.45, 2.75) is 81.4 Å². The number of quaternary nitrogens is 1. The van der Waals surface area contributed by atoms with Gasteiger partial charge >= 0.3 is 0 Å². The first-order valence-corrected chi connectivity index (χ1v) is 20.9. The van der Waals surface area contributed by atoms with Crippen molar-refractivity contribution in [1.82, 2.24) is 12.9 Å². The third-order valence-electron chi connectivity index (χ3n) is 10.6. The van der Waals surface area contributed by atoms with Crippen LogP contribution in [0.5, 0.6) is 0 Å². The Balaban J connectivity index is 1.29. The molecule has 1 saturated carbocycles. The zero-order valence-electron chi connectivity index (χ0n) is 28.7. The van der Waals surface area contributed by atoms with Crippen LogP contribution in [0.15, 0.2) is 59.5 Å². The van der Waals surface area contributed by atoms with Crippen LogP contribution >= 0.6 is 0 Å². The second kappa shape index (κ2) is 17.1. The molecule has 2 heterocycles. The Bertz CT molecular complexity index is 1440. The molecule has 0 spiro atoms. The molecule has 2 aliphatic heterocycles. The van der Waals surface area contributed by atoms with Crippen molar-refractivity contribution in [2.24, 2.45) is 5.92 Å². The summed E-state index contributed by atoms with van der Waals surface area (Å²) in [6, 6.07) is 17.6. The SMILES string of the molecule is CN(C)c1ccc(S(=O)(=O)N2CCCCN(S(=O)(=O)N3CCC(c4ccccc4)CC3)CCC[NH+](CC3CCCCC3)CCC2)cc1. The molecule has 47 heavy (non-hydrogen) atoms. The third-order valence-corrected chi connectivity index (χ3v) is 14.6. The van der Waals surface area contributed by atoms with E-state index < -0.39 is 20.2 Å². The Labute approximate surface area is 285 Å². The van der Waals surface area contributed by atoms with E-state index >= 15 is 0 Å². The molecular weight excluding hydrogens is 631 g/mol. The molecule has 9 nitrogen and oxygen atoms in total. The van der Waals surface area contributed by atoms with Crippen LogP contribution in [0.3, 0.4) is 0 Å². The molecule has 1 aliphatic carbocycles. The van der Waals surface area contributed by atoms with Crippen LogP contribution in [-0.2, 0) is 20.2 Å². The summed E-state index contributed by atoms with van der Waals surface area (Å²) in [6.45, 7) is 5.82. The predicted molar refractivity (Wildman–Crippen MR) is 191 cm³/mol. The van der Waals surface area contributed by atoms with Crippen molar-refractivity contribution in [3.8, 4) is 0 Å². The van der Waals surface area contributed by atoms with Crippen LogP contribution in [0.25, 0.3) is 0 Å². The van der Waals surface area contributed by atoms with E-state index in [1.165, 1.54) is 42.6 Å². The van der Waals surface area contributed by atoms with Gasteiger partial charge in [-0.25, -0.2) is 8.42 Å². The Morgan fingerprint density at radius 3 is 1.81 bits per heavy atom. The molecule has 1 unspecified atom stereocenters. The fraction of sp³-hybridized carbons (Fsp3) is 0.667. The van der Waals surface area contributed by atoms with E-state index in [0.29, 0.717) is 68.8 Å². The quantitative estimate of drug-likeness (QED) is 0.450. The van der Waals surface area contributed by atoms with Gasteiger partial charge in [0.05, 0.1) is 24.5 Å². The molecule has 0 amide bonds. The van der Waals surface area contributed by atoms with E-state index in [1.807, 2.05) is 37.2 Å². The van der Waals surface area contributed by atoms with E-state index in [9.17, 15) is 16.8 Å². The molecular formula is C36H58N5O4S2+. The van der Waals surface area contributed by atoms with Crippen molar-refractivity contribution in [2.75, 3.05) is 77.9 Å². The molecule has 5 rings (SSSR count). The highest BCUT2D eigenvalue weighted by Gasteiger charge is 2.34. The summed E-state index contributed by atoms with van der Waals surface area (Å²) in [6.07, 6.45) is 11.0. The minimum Gasteiger partial charge on any atom is -0.378 e. The van der Waals surface area contributed by atoms with E-state index in [-0.39, 0.29) is 0 Å². The average molecular weight is 689 g/mol.